The van der Waals surface area contributed by atoms with Crippen LogP contribution in [-0.2, 0) is 9.53 Å². The lowest BCUT2D eigenvalue weighted by Gasteiger charge is -2.18. The highest BCUT2D eigenvalue weighted by Crippen LogP contribution is 2.28. The van der Waals surface area contributed by atoms with Crippen molar-refractivity contribution in [2.24, 2.45) is 0 Å². The third kappa shape index (κ3) is 3.17. The van der Waals surface area contributed by atoms with Gasteiger partial charge in [0.05, 0.1) is 0 Å². The Morgan fingerprint density at radius 1 is 1.30 bits per heavy atom. The molecule has 0 saturated carbocycles. The van der Waals surface area contributed by atoms with E-state index in [0.717, 1.165) is 0 Å². The van der Waals surface area contributed by atoms with Gasteiger partial charge in [0, 0.05) is 12.2 Å². The number of nitrogens with zero attached hydrogens (tertiary/aromatic N) is 1. The molecule has 0 radical (unpaired) electrons. The van der Waals surface area contributed by atoms with Gasteiger partial charge >= 0.3 is 12.3 Å². The van der Waals surface area contributed by atoms with E-state index in [9.17, 15) is 22.8 Å². The molecule has 2 rings (SSSR count). The first-order valence-electron chi connectivity index (χ1n) is 5.69. The number of halogens is 3. The number of hydrogen-bond donors (Lipinski definition) is 0. The van der Waals surface area contributed by atoms with Crippen molar-refractivity contribution >= 4 is 12.0 Å². The molecule has 1 atom stereocenters. The van der Waals surface area contributed by atoms with Gasteiger partial charge in [-0.25, -0.2) is 9.69 Å². The molecule has 0 spiro atoms. The Bertz CT molecular complexity index is 540. The zero-order valence-electron chi connectivity index (χ0n) is 10.1. The van der Waals surface area contributed by atoms with Crippen LogP contribution in [0.3, 0.4) is 0 Å². The van der Waals surface area contributed by atoms with Crippen LogP contribution >= 0.6 is 0 Å². The number of carbonyl (C=O) groups excluding carboxylic acids is 2. The normalized spacial score (nSPS) is 19.4. The van der Waals surface area contributed by atoms with Gasteiger partial charge in [0.25, 0.3) is 5.91 Å². The van der Waals surface area contributed by atoms with Crippen molar-refractivity contribution < 1.29 is 27.5 Å². The zero-order chi connectivity index (χ0) is 14.8. The summed E-state index contributed by atoms with van der Waals surface area (Å²) in [5.74, 6) is -1.06. The van der Waals surface area contributed by atoms with E-state index in [2.05, 4.69) is 0 Å². The van der Waals surface area contributed by atoms with Crippen LogP contribution in [0.25, 0.3) is 0 Å². The first-order chi connectivity index (χ1) is 9.38. The van der Waals surface area contributed by atoms with Crippen molar-refractivity contribution in [2.45, 2.75) is 12.2 Å². The van der Waals surface area contributed by atoms with Crippen LogP contribution in [0.5, 0.6) is 0 Å². The highest BCUT2D eigenvalue weighted by Gasteiger charge is 2.38. The molecule has 1 fully saturated rings. The third-order valence-electron chi connectivity index (χ3n) is 2.71. The van der Waals surface area contributed by atoms with Crippen molar-refractivity contribution in [1.82, 2.24) is 4.90 Å². The summed E-state index contributed by atoms with van der Waals surface area (Å²) in [6, 6.07) is 7.77. The van der Waals surface area contributed by atoms with Gasteiger partial charge in [-0.15, -0.1) is 0 Å². The van der Waals surface area contributed by atoms with Crippen LogP contribution in [0.2, 0.25) is 0 Å². The van der Waals surface area contributed by atoms with Gasteiger partial charge in [-0.2, -0.15) is 13.2 Å². The lowest BCUT2D eigenvalue weighted by Crippen LogP contribution is -2.33. The summed E-state index contributed by atoms with van der Waals surface area (Å²) in [6.07, 6.45) is -5.44. The van der Waals surface area contributed by atoms with Gasteiger partial charge in [-0.1, -0.05) is 30.3 Å². The number of carbonyl (C=O) groups is 2. The molecule has 1 aromatic carbocycles. The summed E-state index contributed by atoms with van der Waals surface area (Å²) in [7, 11) is 0. The standard InChI is InChI=1S/C13H10F3NO3/c14-13(15,16)7-6-11(18)17-10(8-20-12(17)19)9-4-2-1-3-5-9/h1-7,10H,8H2. The average Bonchev–Trinajstić information content (AvgIpc) is 2.78. The van der Waals surface area contributed by atoms with E-state index in [4.69, 9.17) is 4.74 Å². The lowest BCUT2D eigenvalue weighted by atomic mass is 10.1. The minimum Gasteiger partial charge on any atom is -0.446 e. The van der Waals surface area contributed by atoms with Crippen LogP contribution in [0.4, 0.5) is 18.0 Å². The molecule has 2 amide bonds. The van der Waals surface area contributed by atoms with Gasteiger partial charge in [-0.05, 0) is 5.56 Å². The molecule has 0 aromatic heterocycles. The Labute approximate surface area is 112 Å². The smallest absolute Gasteiger partial charge is 0.417 e. The number of benzene rings is 1. The number of amides is 2. The molecule has 1 aliphatic rings. The third-order valence-corrected chi connectivity index (χ3v) is 2.71. The minimum absolute atomic E-state index is 0.0750. The number of rotatable bonds is 2. The Balaban J connectivity index is 2.21. The van der Waals surface area contributed by atoms with Crippen molar-refractivity contribution in [2.75, 3.05) is 6.61 Å². The molecule has 0 aliphatic carbocycles. The number of imide groups is 1. The molecule has 1 aliphatic heterocycles. The Morgan fingerprint density at radius 2 is 1.95 bits per heavy atom. The predicted octanol–water partition coefficient (Wildman–Crippen LogP) is 2.83. The lowest BCUT2D eigenvalue weighted by molar-refractivity contribution is -0.125. The minimum atomic E-state index is -4.61. The fourth-order valence-electron chi connectivity index (χ4n) is 1.83. The van der Waals surface area contributed by atoms with Crippen LogP contribution in [0.15, 0.2) is 42.5 Å². The van der Waals surface area contributed by atoms with Crippen molar-refractivity contribution in [3.8, 4) is 0 Å². The SMILES string of the molecule is O=C(C=CC(F)(F)F)N1C(=O)OCC1c1ccccc1. The van der Waals surface area contributed by atoms with Gasteiger partial charge in [0.1, 0.15) is 12.6 Å². The summed E-state index contributed by atoms with van der Waals surface area (Å²) in [5.41, 5.74) is 0.618. The van der Waals surface area contributed by atoms with Crippen LogP contribution in [-0.4, -0.2) is 29.7 Å². The maximum Gasteiger partial charge on any atom is 0.417 e. The van der Waals surface area contributed by atoms with Crippen LogP contribution < -0.4 is 0 Å². The van der Waals surface area contributed by atoms with E-state index < -0.39 is 24.2 Å². The van der Waals surface area contributed by atoms with Crippen molar-refractivity contribution in [1.29, 1.82) is 0 Å². The maximum atomic E-state index is 12.0. The highest BCUT2D eigenvalue weighted by atomic mass is 19.4. The van der Waals surface area contributed by atoms with Gasteiger partial charge < -0.3 is 4.74 Å². The molecule has 1 saturated heterocycles. The molecular weight excluding hydrogens is 275 g/mol. The number of allylic oxidation sites excluding steroid dienone is 1. The summed E-state index contributed by atoms with van der Waals surface area (Å²) >= 11 is 0. The molecule has 7 heteroatoms. The van der Waals surface area contributed by atoms with E-state index >= 15 is 0 Å². The van der Waals surface area contributed by atoms with Crippen LogP contribution in [0, 0.1) is 0 Å². The molecule has 1 unspecified atom stereocenters. The first kappa shape index (κ1) is 14.1. The van der Waals surface area contributed by atoms with E-state index in [1.165, 1.54) is 0 Å². The maximum absolute atomic E-state index is 12.0. The predicted molar refractivity (Wildman–Crippen MR) is 62.6 cm³/mol. The largest absolute Gasteiger partial charge is 0.446 e. The van der Waals surface area contributed by atoms with Gasteiger partial charge in [-0.3, -0.25) is 4.79 Å². The first-order valence-corrected chi connectivity index (χ1v) is 5.69. The second-order valence-corrected chi connectivity index (χ2v) is 4.09. The van der Waals surface area contributed by atoms with Crippen molar-refractivity contribution in [3.63, 3.8) is 0 Å². The monoisotopic (exact) mass is 285 g/mol. The highest BCUT2D eigenvalue weighted by molar-refractivity contribution is 6.00. The van der Waals surface area contributed by atoms with Crippen molar-refractivity contribution in [3.05, 3.63) is 48.0 Å². The molecule has 4 nitrogen and oxygen atoms in total. The Kier molecular flexibility index (Phi) is 3.78. The summed E-state index contributed by atoms with van der Waals surface area (Å²) in [6.45, 7) is -0.0750. The van der Waals surface area contributed by atoms with E-state index in [1.54, 1.807) is 30.3 Å². The van der Waals surface area contributed by atoms with Gasteiger partial charge in [0.2, 0.25) is 0 Å². The molecule has 0 N–H and O–H groups in total. The molecule has 106 valence electrons. The molecule has 20 heavy (non-hydrogen) atoms. The van der Waals surface area contributed by atoms with Gasteiger partial charge in [0.15, 0.2) is 0 Å². The number of alkyl halides is 3. The summed E-state index contributed by atoms with van der Waals surface area (Å²) < 4.78 is 40.9. The van der Waals surface area contributed by atoms with E-state index in [0.29, 0.717) is 16.5 Å². The number of hydrogen-bond acceptors (Lipinski definition) is 3. The Hall–Kier alpha value is -2.31. The molecule has 0 bridgehead atoms. The van der Waals surface area contributed by atoms with E-state index in [-0.39, 0.29) is 12.7 Å². The van der Waals surface area contributed by atoms with E-state index in [1.807, 2.05) is 0 Å². The topological polar surface area (TPSA) is 46.6 Å². The van der Waals surface area contributed by atoms with Crippen LogP contribution in [0.1, 0.15) is 11.6 Å². The fourth-order valence-corrected chi connectivity index (χ4v) is 1.83. The summed E-state index contributed by atoms with van der Waals surface area (Å²) in [5, 5.41) is 0. The number of ether oxygens (including phenoxy) is 1. The average molecular weight is 285 g/mol. The summed E-state index contributed by atoms with van der Waals surface area (Å²) in [4.78, 5) is 23.9. The quantitative estimate of drug-likeness (QED) is 0.785. The molecule has 1 heterocycles. The fraction of sp³-hybridized carbons (Fsp3) is 0.231. The number of cyclic esters (lactones) is 1. The molecular formula is C13H10F3NO3. The zero-order valence-corrected chi connectivity index (χ0v) is 10.1. The second-order valence-electron chi connectivity index (χ2n) is 4.09. The molecule has 1 aromatic rings. The second kappa shape index (κ2) is 5.36. The Morgan fingerprint density at radius 3 is 2.55 bits per heavy atom.